The van der Waals surface area contributed by atoms with Gasteiger partial charge in [-0.2, -0.15) is 5.10 Å². The number of nitrogens with one attached hydrogen (secondary N) is 1. The molecule has 0 amide bonds. The van der Waals surface area contributed by atoms with Crippen LogP contribution in [0, 0.1) is 6.92 Å². The molecule has 0 aliphatic carbocycles. The van der Waals surface area contributed by atoms with Crippen LogP contribution in [0.5, 0.6) is 11.5 Å². The third-order valence-corrected chi connectivity index (χ3v) is 4.52. The molecule has 25 heavy (non-hydrogen) atoms. The zero-order valence-electron chi connectivity index (χ0n) is 14.3. The summed E-state index contributed by atoms with van der Waals surface area (Å²) in [5, 5.41) is 5.03. The highest BCUT2D eigenvalue weighted by atomic mass is 32.1. The van der Waals surface area contributed by atoms with Crippen molar-refractivity contribution in [3.63, 3.8) is 0 Å². The summed E-state index contributed by atoms with van der Waals surface area (Å²) >= 11 is 1.57. The van der Waals surface area contributed by atoms with E-state index in [2.05, 4.69) is 34.6 Å². The fraction of sp³-hybridized carbons (Fsp3) is 0.158. The monoisotopic (exact) mass is 353 g/mol. The summed E-state index contributed by atoms with van der Waals surface area (Å²) in [7, 11) is 3.26. The molecule has 0 saturated carbocycles. The van der Waals surface area contributed by atoms with Crippen molar-refractivity contribution < 1.29 is 9.47 Å². The normalized spacial score (nSPS) is 10.8. The number of hydrogen-bond acceptors (Lipinski definition) is 6. The molecular formula is C19H19N3O2S. The van der Waals surface area contributed by atoms with Crippen LogP contribution in [0.3, 0.4) is 0 Å². The van der Waals surface area contributed by atoms with Gasteiger partial charge in [0.1, 0.15) is 11.5 Å². The van der Waals surface area contributed by atoms with Gasteiger partial charge in [-0.1, -0.05) is 30.3 Å². The van der Waals surface area contributed by atoms with Crippen LogP contribution < -0.4 is 14.9 Å². The van der Waals surface area contributed by atoms with Crippen molar-refractivity contribution in [1.82, 2.24) is 4.98 Å². The average Bonchev–Trinajstić information content (AvgIpc) is 3.03. The standard InChI is InChI=1S/C19H19N3O2S/c1-13-18(14-7-5-4-6-8-14)21-19(25-13)22-20-12-15-11-16(23-2)9-10-17(15)24-3/h4-12H,1-3H3,(H,21,22)/b20-12-. The fourth-order valence-corrected chi connectivity index (χ4v) is 3.19. The summed E-state index contributed by atoms with van der Waals surface area (Å²) in [5.41, 5.74) is 5.89. The van der Waals surface area contributed by atoms with Gasteiger partial charge in [0.2, 0.25) is 5.13 Å². The number of ether oxygens (including phenoxy) is 2. The van der Waals surface area contributed by atoms with E-state index >= 15 is 0 Å². The summed E-state index contributed by atoms with van der Waals surface area (Å²) in [6.07, 6.45) is 1.69. The average molecular weight is 353 g/mol. The van der Waals surface area contributed by atoms with Crippen LogP contribution in [0.2, 0.25) is 0 Å². The lowest BCUT2D eigenvalue weighted by Gasteiger charge is -2.06. The number of thiazole rings is 1. The van der Waals surface area contributed by atoms with E-state index in [-0.39, 0.29) is 0 Å². The smallest absolute Gasteiger partial charge is 0.204 e. The molecule has 3 aromatic rings. The molecule has 0 saturated heterocycles. The predicted octanol–water partition coefficient (Wildman–Crippen LogP) is 4.58. The van der Waals surface area contributed by atoms with Gasteiger partial charge < -0.3 is 9.47 Å². The Kier molecular flexibility index (Phi) is 5.30. The van der Waals surface area contributed by atoms with Gasteiger partial charge in [-0.05, 0) is 25.1 Å². The number of rotatable bonds is 6. The van der Waals surface area contributed by atoms with Crippen molar-refractivity contribution in [1.29, 1.82) is 0 Å². The molecule has 2 aromatic carbocycles. The zero-order chi connectivity index (χ0) is 17.6. The first kappa shape index (κ1) is 17.0. The molecule has 5 nitrogen and oxygen atoms in total. The predicted molar refractivity (Wildman–Crippen MR) is 103 cm³/mol. The van der Waals surface area contributed by atoms with Gasteiger partial charge in [0.25, 0.3) is 0 Å². The third kappa shape index (κ3) is 3.97. The second-order valence-corrected chi connectivity index (χ2v) is 6.47. The van der Waals surface area contributed by atoms with E-state index in [4.69, 9.17) is 9.47 Å². The highest BCUT2D eigenvalue weighted by molar-refractivity contribution is 7.15. The number of aryl methyl sites for hydroxylation is 1. The van der Waals surface area contributed by atoms with E-state index < -0.39 is 0 Å². The second kappa shape index (κ2) is 7.81. The number of hydrazone groups is 1. The van der Waals surface area contributed by atoms with E-state index in [1.807, 2.05) is 36.4 Å². The van der Waals surface area contributed by atoms with Crippen molar-refractivity contribution >= 4 is 22.7 Å². The third-order valence-electron chi connectivity index (χ3n) is 3.64. The molecule has 0 fully saturated rings. The number of methoxy groups -OCH3 is 2. The Morgan fingerprint density at radius 2 is 1.88 bits per heavy atom. The molecule has 0 radical (unpaired) electrons. The minimum absolute atomic E-state index is 0.728. The van der Waals surface area contributed by atoms with E-state index in [0.29, 0.717) is 0 Å². The topological polar surface area (TPSA) is 55.7 Å². The van der Waals surface area contributed by atoms with Gasteiger partial charge in [0.05, 0.1) is 26.1 Å². The molecule has 0 bridgehead atoms. The van der Waals surface area contributed by atoms with E-state index in [9.17, 15) is 0 Å². The summed E-state index contributed by atoms with van der Waals surface area (Å²) in [5.74, 6) is 1.48. The van der Waals surface area contributed by atoms with Gasteiger partial charge in [0, 0.05) is 16.0 Å². The van der Waals surface area contributed by atoms with Crippen LogP contribution in [-0.4, -0.2) is 25.4 Å². The van der Waals surface area contributed by atoms with Gasteiger partial charge >= 0.3 is 0 Å². The summed E-state index contributed by atoms with van der Waals surface area (Å²) in [4.78, 5) is 5.77. The first-order valence-corrected chi connectivity index (χ1v) is 8.57. The largest absolute Gasteiger partial charge is 0.497 e. The van der Waals surface area contributed by atoms with Crippen molar-refractivity contribution in [2.75, 3.05) is 19.6 Å². The number of nitrogens with zero attached hydrogens (tertiary/aromatic N) is 2. The lowest BCUT2D eigenvalue weighted by molar-refractivity contribution is 0.402. The Balaban J connectivity index is 1.77. The van der Waals surface area contributed by atoms with Gasteiger partial charge in [0.15, 0.2) is 0 Å². The Labute approximate surface area is 151 Å². The fourth-order valence-electron chi connectivity index (χ4n) is 2.41. The van der Waals surface area contributed by atoms with E-state index in [0.717, 1.165) is 38.3 Å². The SMILES string of the molecule is COc1ccc(OC)c(/C=N\Nc2nc(-c3ccccc3)c(C)s2)c1. The lowest BCUT2D eigenvalue weighted by atomic mass is 10.1. The molecule has 1 heterocycles. The zero-order valence-corrected chi connectivity index (χ0v) is 15.1. The number of anilines is 1. The molecule has 6 heteroatoms. The molecule has 3 rings (SSSR count). The Morgan fingerprint density at radius 1 is 1.08 bits per heavy atom. The quantitative estimate of drug-likeness (QED) is 0.520. The first-order valence-electron chi connectivity index (χ1n) is 7.75. The van der Waals surface area contributed by atoms with Crippen LogP contribution in [0.1, 0.15) is 10.4 Å². The lowest BCUT2D eigenvalue weighted by Crippen LogP contribution is -1.95. The molecule has 128 valence electrons. The van der Waals surface area contributed by atoms with Gasteiger partial charge in [-0.25, -0.2) is 4.98 Å². The van der Waals surface area contributed by atoms with Crippen LogP contribution in [-0.2, 0) is 0 Å². The molecule has 0 spiro atoms. The van der Waals surface area contributed by atoms with Crippen LogP contribution in [0.15, 0.2) is 53.6 Å². The van der Waals surface area contributed by atoms with E-state index in [1.165, 1.54) is 0 Å². The van der Waals surface area contributed by atoms with Crippen LogP contribution in [0.25, 0.3) is 11.3 Å². The number of benzene rings is 2. The maximum Gasteiger partial charge on any atom is 0.204 e. The summed E-state index contributed by atoms with van der Waals surface area (Å²) in [6.45, 7) is 2.06. The van der Waals surface area contributed by atoms with Crippen LogP contribution in [0.4, 0.5) is 5.13 Å². The summed E-state index contributed by atoms with van der Waals surface area (Å²) < 4.78 is 10.6. The van der Waals surface area contributed by atoms with E-state index in [1.54, 1.807) is 31.8 Å². The highest BCUT2D eigenvalue weighted by Crippen LogP contribution is 2.30. The Bertz CT molecular complexity index is 876. The molecule has 0 aliphatic rings. The van der Waals surface area contributed by atoms with Gasteiger partial charge in [-0.15, -0.1) is 11.3 Å². The Hall–Kier alpha value is -2.86. The Morgan fingerprint density at radius 3 is 2.60 bits per heavy atom. The van der Waals surface area contributed by atoms with Gasteiger partial charge in [-0.3, -0.25) is 5.43 Å². The molecule has 1 N–H and O–H groups in total. The molecular weight excluding hydrogens is 334 g/mol. The van der Waals surface area contributed by atoms with Crippen LogP contribution >= 0.6 is 11.3 Å². The van der Waals surface area contributed by atoms with Crippen molar-refractivity contribution in [3.05, 3.63) is 59.0 Å². The second-order valence-electron chi connectivity index (χ2n) is 5.27. The van der Waals surface area contributed by atoms with Crippen molar-refractivity contribution in [2.24, 2.45) is 5.10 Å². The summed E-state index contributed by atoms with van der Waals surface area (Å²) in [6, 6.07) is 15.7. The minimum atomic E-state index is 0.728. The highest BCUT2D eigenvalue weighted by Gasteiger charge is 2.09. The molecule has 0 unspecified atom stereocenters. The van der Waals surface area contributed by atoms with Crippen molar-refractivity contribution in [3.8, 4) is 22.8 Å². The molecule has 0 aliphatic heterocycles. The molecule has 1 aromatic heterocycles. The molecule has 0 atom stereocenters. The maximum absolute atomic E-state index is 5.34. The number of hydrogen-bond donors (Lipinski definition) is 1. The minimum Gasteiger partial charge on any atom is -0.497 e. The first-order chi connectivity index (χ1) is 12.2. The number of aromatic nitrogens is 1. The maximum atomic E-state index is 5.34. The van der Waals surface area contributed by atoms with Crippen molar-refractivity contribution in [2.45, 2.75) is 6.92 Å².